The van der Waals surface area contributed by atoms with Crippen LogP contribution < -0.4 is 10.2 Å². The Kier molecular flexibility index (Phi) is 6.00. The Morgan fingerprint density at radius 3 is 2.59 bits per heavy atom. The van der Waals surface area contributed by atoms with Gasteiger partial charge < -0.3 is 10.2 Å². The Morgan fingerprint density at radius 2 is 2.00 bits per heavy atom. The summed E-state index contributed by atoms with van der Waals surface area (Å²) in [6.07, 6.45) is -0.635. The fourth-order valence-electron chi connectivity index (χ4n) is 3.36. The molecule has 0 aliphatic carbocycles. The van der Waals surface area contributed by atoms with E-state index in [9.17, 15) is 28.1 Å². The Labute approximate surface area is 164 Å². The van der Waals surface area contributed by atoms with E-state index in [1.165, 1.54) is 4.90 Å². The third kappa shape index (κ3) is 5.01. The summed E-state index contributed by atoms with van der Waals surface area (Å²) in [5, 5.41) is 13.7. The van der Waals surface area contributed by atoms with Gasteiger partial charge in [0.25, 0.3) is 5.69 Å². The summed E-state index contributed by atoms with van der Waals surface area (Å²) in [6.45, 7) is 0.852. The van der Waals surface area contributed by atoms with E-state index in [0.29, 0.717) is 25.5 Å². The standard InChI is InChI=1S/C19H19F3N4O3/c20-19(21,22)16-10-15(26(28)29)3-4-17(16)25-8-5-14(6-9-25)18(27)24-12-13-2-1-7-23-11-13/h1-4,7,10-11,14H,5-6,8-9,12H2,(H,24,27). The smallest absolute Gasteiger partial charge is 0.371 e. The van der Waals surface area contributed by atoms with Gasteiger partial charge in [-0.2, -0.15) is 13.2 Å². The van der Waals surface area contributed by atoms with Gasteiger partial charge >= 0.3 is 6.18 Å². The van der Waals surface area contributed by atoms with Gasteiger partial charge in [0.2, 0.25) is 5.91 Å². The number of nitro groups is 1. The van der Waals surface area contributed by atoms with Gasteiger partial charge in [-0.05, 0) is 30.5 Å². The molecule has 1 fully saturated rings. The van der Waals surface area contributed by atoms with Crippen molar-refractivity contribution in [2.24, 2.45) is 5.92 Å². The lowest BCUT2D eigenvalue weighted by Gasteiger charge is -2.34. The maximum absolute atomic E-state index is 13.4. The van der Waals surface area contributed by atoms with Gasteiger partial charge in [0.1, 0.15) is 0 Å². The van der Waals surface area contributed by atoms with Crippen molar-refractivity contribution in [3.63, 3.8) is 0 Å². The number of halogens is 3. The van der Waals surface area contributed by atoms with Gasteiger partial charge in [-0.15, -0.1) is 0 Å². The molecule has 0 radical (unpaired) electrons. The van der Waals surface area contributed by atoms with Gasteiger partial charge in [-0.1, -0.05) is 6.07 Å². The van der Waals surface area contributed by atoms with Crippen LogP contribution in [0, 0.1) is 16.0 Å². The first-order valence-electron chi connectivity index (χ1n) is 9.03. The molecule has 3 rings (SSSR count). The fraction of sp³-hybridized carbons (Fsp3) is 0.368. The summed E-state index contributed by atoms with van der Waals surface area (Å²) in [7, 11) is 0. The highest BCUT2D eigenvalue weighted by Crippen LogP contribution is 2.39. The minimum Gasteiger partial charge on any atom is -0.371 e. The number of aromatic nitrogens is 1. The van der Waals surface area contributed by atoms with Crippen LogP contribution in [-0.4, -0.2) is 28.9 Å². The van der Waals surface area contributed by atoms with Crippen molar-refractivity contribution in [3.8, 4) is 0 Å². The van der Waals surface area contributed by atoms with E-state index in [2.05, 4.69) is 10.3 Å². The Bertz CT molecular complexity index is 882. The number of carbonyl (C=O) groups is 1. The molecule has 2 heterocycles. The number of hydrogen-bond donors (Lipinski definition) is 1. The van der Waals surface area contributed by atoms with Crippen molar-refractivity contribution < 1.29 is 22.9 Å². The second-order valence-electron chi connectivity index (χ2n) is 6.80. The molecule has 1 aromatic carbocycles. The van der Waals surface area contributed by atoms with Crippen LogP contribution in [0.4, 0.5) is 24.5 Å². The number of nitrogens with zero attached hydrogens (tertiary/aromatic N) is 3. The molecule has 29 heavy (non-hydrogen) atoms. The normalized spacial score (nSPS) is 15.2. The molecular formula is C19H19F3N4O3. The first-order chi connectivity index (χ1) is 13.8. The Hall–Kier alpha value is -3.17. The largest absolute Gasteiger partial charge is 0.418 e. The maximum Gasteiger partial charge on any atom is 0.418 e. The maximum atomic E-state index is 13.4. The van der Waals surface area contributed by atoms with Gasteiger partial charge in [-0.3, -0.25) is 19.9 Å². The summed E-state index contributed by atoms with van der Waals surface area (Å²) in [5.74, 6) is -0.441. The number of alkyl halides is 3. The van der Waals surface area contributed by atoms with Crippen LogP contribution in [0.3, 0.4) is 0 Å². The number of nitro benzene ring substituents is 1. The molecule has 154 valence electrons. The van der Waals surface area contributed by atoms with E-state index < -0.39 is 22.4 Å². The predicted octanol–water partition coefficient (Wildman–Crippen LogP) is 3.54. The number of pyridine rings is 1. The first kappa shape index (κ1) is 20.6. The summed E-state index contributed by atoms with van der Waals surface area (Å²) >= 11 is 0. The number of anilines is 1. The highest BCUT2D eigenvalue weighted by atomic mass is 19.4. The van der Waals surface area contributed by atoms with E-state index in [4.69, 9.17) is 0 Å². The second kappa shape index (κ2) is 8.46. The molecule has 1 saturated heterocycles. The van der Waals surface area contributed by atoms with E-state index in [-0.39, 0.29) is 30.6 Å². The third-order valence-electron chi connectivity index (χ3n) is 4.89. The zero-order valence-corrected chi connectivity index (χ0v) is 15.4. The fourth-order valence-corrected chi connectivity index (χ4v) is 3.36. The average molecular weight is 408 g/mol. The number of nitrogens with one attached hydrogen (secondary N) is 1. The average Bonchev–Trinajstić information content (AvgIpc) is 2.72. The topological polar surface area (TPSA) is 88.4 Å². The molecule has 1 N–H and O–H groups in total. The number of non-ortho nitro benzene ring substituents is 1. The molecule has 1 amide bonds. The summed E-state index contributed by atoms with van der Waals surface area (Å²) < 4.78 is 40.2. The minimum atomic E-state index is -4.71. The van der Waals surface area contributed by atoms with Gasteiger partial charge in [0.05, 0.1) is 10.5 Å². The van der Waals surface area contributed by atoms with Crippen LogP contribution in [0.25, 0.3) is 0 Å². The molecule has 2 aromatic rings. The van der Waals surface area contributed by atoms with E-state index in [1.807, 2.05) is 6.07 Å². The van der Waals surface area contributed by atoms with Crippen LogP contribution >= 0.6 is 0 Å². The lowest BCUT2D eigenvalue weighted by atomic mass is 9.94. The molecule has 0 spiro atoms. The quantitative estimate of drug-likeness (QED) is 0.604. The van der Waals surface area contributed by atoms with Crippen LogP contribution in [0.5, 0.6) is 0 Å². The van der Waals surface area contributed by atoms with Gasteiger partial charge in [-0.25, -0.2) is 0 Å². The Balaban J connectivity index is 1.64. The van der Waals surface area contributed by atoms with Gasteiger partial charge in [0, 0.05) is 55.8 Å². The van der Waals surface area contributed by atoms with Crippen molar-refractivity contribution in [3.05, 3.63) is 64.0 Å². The Morgan fingerprint density at radius 1 is 1.28 bits per heavy atom. The minimum absolute atomic E-state index is 0.0997. The lowest BCUT2D eigenvalue weighted by molar-refractivity contribution is -0.385. The molecular weight excluding hydrogens is 389 g/mol. The highest BCUT2D eigenvalue weighted by Gasteiger charge is 2.37. The zero-order chi connectivity index (χ0) is 21.0. The molecule has 0 bridgehead atoms. The summed E-state index contributed by atoms with van der Waals surface area (Å²) in [4.78, 5) is 27.8. The van der Waals surface area contributed by atoms with Crippen LogP contribution in [0.2, 0.25) is 0 Å². The number of carbonyl (C=O) groups excluding carboxylic acids is 1. The van der Waals surface area contributed by atoms with Gasteiger partial charge in [0.15, 0.2) is 0 Å². The van der Waals surface area contributed by atoms with E-state index in [0.717, 1.165) is 17.7 Å². The van der Waals surface area contributed by atoms with Crippen molar-refractivity contribution in [1.82, 2.24) is 10.3 Å². The SMILES string of the molecule is O=C(NCc1cccnc1)C1CCN(c2ccc([N+](=O)[O-])cc2C(F)(F)F)CC1. The van der Waals surface area contributed by atoms with Crippen molar-refractivity contribution in [2.45, 2.75) is 25.6 Å². The molecule has 7 nitrogen and oxygen atoms in total. The number of piperidine rings is 1. The van der Waals surface area contributed by atoms with Crippen molar-refractivity contribution >= 4 is 17.3 Å². The van der Waals surface area contributed by atoms with Crippen molar-refractivity contribution in [2.75, 3.05) is 18.0 Å². The van der Waals surface area contributed by atoms with Crippen LogP contribution in [0.1, 0.15) is 24.0 Å². The molecule has 10 heteroatoms. The monoisotopic (exact) mass is 408 g/mol. The van der Waals surface area contributed by atoms with Crippen LogP contribution in [0.15, 0.2) is 42.7 Å². The molecule has 1 aliphatic rings. The third-order valence-corrected chi connectivity index (χ3v) is 4.89. The molecule has 1 aromatic heterocycles. The first-order valence-corrected chi connectivity index (χ1v) is 9.03. The summed E-state index contributed by atoms with van der Waals surface area (Å²) in [6, 6.07) is 6.36. The molecule has 0 saturated carbocycles. The van der Waals surface area contributed by atoms with E-state index in [1.54, 1.807) is 18.5 Å². The molecule has 1 aliphatic heterocycles. The number of rotatable bonds is 5. The number of hydrogen-bond acceptors (Lipinski definition) is 5. The molecule has 0 atom stereocenters. The van der Waals surface area contributed by atoms with E-state index >= 15 is 0 Å². The lowest BCUT2D eigenvalue weighted by Crippen LogP contribution is -2.41. The summed E-state index contributed by atoms with van der Waals surface area (Å²) in [5.41, 5.74) is -0.881. The second-order valence-corrected chi connectivity index (χ2v) is 6.80. The van der Waals surface area contributed by atoms with Crippen LogP contribution in [-0.2, 0) is 17.5 Å². The van der Waals surface area contributed by atoms with Crippen molar-refractivity contribution in [1.29, 1.82) is 0 Å². The highest BCUT2D eigenvalue weighted by molar-refractivity contribution is 5.79. The predicted molar refractivity (Wildman–Crippen MR) is 99.1 cm³/mol. The molecule has 0 unspecified atom stereocenters. The number of amides is 1. The zero-order valence-electron chi connectivity index (χ0n) is 15.4. The number of benzene rings is 1.